The average Bonchev–Trinajstić information content (AvgIpc) is 2.15. The van der Waals surface area contributed by atoms with E-state index in [-0.39, 0.29) is 0 Å². The van der Waals surface area contributed by atoms with Crippen LogP contribution in [0, 0.1) is 6.92 Å². The molecule has 0 bridgehead atoms. The van der Waals surface area contributed by atoms with Crippen molar-refractivity contribution in [3.05, 3.63) is 37.0 Å². The lowest BCUT2D eigenvalue weighted by Gasteiger charge is -2.08. The second-order valence-electron chi connectivity index (χ2n) is 2.81. The third-order valence-corrected chi connectivity index (χ3v) is 2.40. The summed E-state index contributed by atoms with van der Waals surface area (Å²) < 4.78 is 0. The molecule has 1 aromatic heterocycles. The first-order chi connectivity index (χ1) is 5.84. The van der Waals surface area contributed by atoms with Crippen LogP contribution in [0.15, 0.2) is 24.5 Å². The predicted octanol–water partition coefficient (Wildman–Crippen LogP) is 3.17. The Balaban J connectivity index is 2.48. The zero-order valence-electron chi connectivity index (χ0n) is 7.04. The molecule has 1 heterocycles. The molecule has 0 saturated carbocycles. The second-order valence-corrected chi connectivity index (χ2v) is 3.61. The molecule has 0 aromatic carbocycles. The molecule has 0 aliphatic carbocycles. The monoisotopic (exact) mass is 226 g/mol. The van der Waals surface area contributed by atoms with E-state index < -0.39 is 0 Å². The van der Waals surface area contributed by atoms with Gasteiger partial charge in [0.25, 0.3) is 0 Å². The van der Waals surface area contributed by atoms with Gasteiger partial charge in [0.2, 0.25) is 0 Å². The molecule has 65 valence electrons. The largest absolute Gasteiger partial charge is 0.264 e. The van der Waals surface area contributed by atoms with E-state index in [2.05, 4.69) is 33.9 Å². The molecule has 1 radical (unpaired) electrons. The summed E-state index contributed by atoms with van der Waals surface area (Å²) in [6.45, 7) is 4.08. The molecular weight excluding hydrogens is 214 g/mol. The molecule has 0 spiro atoms. The van der Waals surface area contributed by atoms with Gasteiger partial charge in [-0.3, -0.25) is 4.98 Å². The summed E-state index contributed by atoms with van der Waals surface area (Å²) in [6, 6.07) is 4.04. The van der Waals surface area contributed by atoms with Crippen LogP contribution in [0.25, 0.3) is 0 Å². The lowest BCUT2D eigenvalue weighted by atomic mass is 9.98. The third-order valence-electron chi connectivity index (χ3n) is 1.84. The Morgan fingerprint density at radius 1 is 1.58 bits per heavy atom. The van der Waals surface area contributed by atoms with E-state index in [1.54, 1.807) is 6.20 Å². The first kappa shape index (κ1) is 9.72. The number of alkyl halides is 1. The van der Waals surface area contributed by atoms with E-state index in [1.165, 1.54) is 12.0 Å². The molecule has 1 aromatic rings. The van der Waals surface area contributed by atoms with Crippen molar-refractivity contribution in [3.8, 4) is 0 Å². The van der Waals surface area contributed by atoms with E-state index in [4.69, 9.17) is 0 Å². The van der Waals surface area contributed by atoms with Crippen molar-refractivity contribution in [1.82, 2.24) is 4.98 Å². The fraction of sp³-hybridized carbons (Fsp3) is 0.400. The molecule has 1 atom stereocenters. The van der Waals surface area contributed by atoms with Crippen molar-refractivity contribution in [3.63, 3.8) is 0 Å². The molecule has 0 aliphatic rings. The van der Waals surface area contributed by atoms with E-state index in [0.717, 1.165) is 11.8 Å². The van der Waals surface area contributed by atoms with Gasteiger partial charge < -0.3 is 0 Å². The van der Waals surface area contributed by atoms with Crippen LogP contribution in [0.2, 0.25) is 0 Å². The Morgan fingerprint density at radius 2 is 2.42 bits per heavy atom. The summed E-state index contributed by atoms with van der Waals surface area (Å²) in [6.07, 6.45) is 5.98. The van der Waals surface area contributed by atoms with Crippen molar-refractivity contribution in [1.29, 1.82) is 0 Å². The van der Waals surface area contributed by atoms with Gasteiger partial charge in [0.1, 0.15) is 0 Å². The van der Waals surface area contributed by atoms with Gasteiger partial charge in [-0.15, -0.1) is 0 Å². The van der Waals surface area contributed by atoms with Gasteiger partial charge in [0, 0.05) is 17.7 Å². The second kappa shape index (κ2) is 5.31. The van der Waals surface area contributed by atoms with Crippen LogP contribution in [0.5, 0.6) is 0 Å². The number of hydrogen-bond acceptors (Lipinski definition) is 1. The zero-order chi connectivity index (χ0) is 8.81. The van der Waals surface area contributed by atoms with Crippen LogP contribution in [0.3, 0.4) is 0 Å². The topological polar surface area (TPSA) is 12.9 Å². The molecule has 0 amide bonds. The smallest absolute Gasteiger partial charge is 0.0302 e. The number of rotatable bonds is 4. The Hall–Kier alpha value is -0.370. The van der Waals surface area contributed by atoms with Crippen molar-refractivity contribution >= 4 is 15.9 Å². The Bertz CT molecular complexity index is 210. The summed E-state index contributed by atoms with van der Waals surface area (Å²) in [7, 11) is 0. The number of aromatic nitrogens is 1. The minimum absolute atomic E-state index is 0.385. The predicted molar refractivity (Wildman–Crippen MR) is 55.4 cm³/mol. The average molecular weight is 227 g/mol. The van der Waals surface area contributed by atoms with Gasteiger partial charge in [0.05, 0.1) is 0 Å². The molecule has 0 N–H and O–H groups in total. The third kappa shape index (κ3) is 2.94. The normalized spacial score (nSPS) is 12.8. The van der Waals surface area contributed by atoms with Crippen LogP contribution in [-0.2, 0) is 0 Å². The summed E-state index contributed by atoms with van der Waals surface area (Å²) in [4.78, 5) is 4.06. The lowest BCUT2D eigenvalue weighted by molar-refractivity contribution is 0.719. The lowest BCUT2D eigenvalue weighted by Crippen LogP contribution is -1.94. The van der Waals surface area contributed by atoms with Crippen LogP contribution in [0.1, 0.15) is 24.3 Å². The van der Waals surface area contributed by atoms with Crippen LogP contribution < -0.4 is 0 Å². The quantitative estimate of drug-likeness (QED) is 0.720. The first-order valence-electron chi connectivity index (χ1n) is 4.13. The highest BCUT2D eigenvalue weighted by molar-refractivity contribution is 9.09. The number of nitrogens with zero attached hydrogens (tertiary/aromatic N) is 1. The van der Waals surface area contributed by atoms with E-state index in [0.29, 0.717) is 5.92 Å². The van der Waals surface area contributed by atoms with Crippen LogP contribution >= 0.6 is 15.9 Å². The zero-order valence-corrected chi connectivity index (χ0v) is 8.63. The minimum Gasteiger partial charge on any atom is -0.264 e. The van der Waals surface area contributed by atoms with Gasteiger partial charge in [-0.1, -0.05) is 22.0 Å². The molecule has 12 heavy (non-hydrogen) atoms. The molecule has 0 aliphatic heterocycles. The van der Waals surface area contributed by atoms with E-state index in [1.807, 2.05) is 12.3 Å². The van der Waals surface area contributed by atoms with Gasteiger partial charge in [-0.25, -0.2) is 0 Å². The molecule has 0 saturated heterocycles. The van der Waals surface area contributed by atoms with Crippen LogP contribution in [-0.4, -0.2) is 10.3 Å². The van der Waals surface area contributed by atoms with Crippen LogP contribution in [0.4, 0.5) is 0 Å². The number of halogens is 1. The molecule has 2 heteroatoms. The Morgan fingerprint density at radius 3 is 3.00 bits per heavy atom. The maximum absolute atomic E-state index is 4.08. The van der Waals surface area contributed by atoms with Crippen molar-refractivity contribution in [2.24, 2.45) is 0 Å². The maximum Gasteiger partial charge on any atom is 0.0302 e. The fourth-order valence-corrected chi connectivity index (χ4v) is 1.43. The summed E-state index contributed by atoms with van der Waals surface area (Å²) >= 11 is 3.41. The molecule has 0 fully saturated rings. The minimum atomic E-state index is 0.385. The summed E-state index contributed by atoms with van der Waals surface area (Å²) in [5.41, 5.74) is 1.23. The van der Waals surface area contributed by atoms with Gasteiger partial charge >= 0.3 is 0 Å². The highest BCUT2D eigenvalue weighted by atomic mass is 79.9. The standard InChI is InChI=1S/C10H13BrN/c1-9(4-2-6-11)10-5-3-7-12-8-10/h3,5,7-9H,1-2,4,6H2. The SMILES string of the molecule is [CH2]C(CCCBr)c1cccnc1. The highest BCUT2D eigenvalue weighted by Gasteiger charge is 2.03. The van der Waals surface area contributed by atoms with Gasteiger partial charge in [0.15, 0.2) is 0 Å². The maximum atomic E-state index is 4.08. The van der Waals surface area contributed by atoms with E-state index in [9.17, 15) is 0 Å². The highest BCUT2D eigenvalue weighted by Crippen LogP contribution is 2.18. The molecule has 1 nitrogen and oxygen atoms in total. The van der Waals surface area contributed by atoms with Crippen molar-refractivity contribution in [2.75, 3.05) is 5.33 Å². The van der Waals surface area contributed by atoms with E-state index >= 15 is 0 Å². The van der Waals surface area contributed by atoms with Crippen molar-refractivity contribution < 1.29 is 0 Å². The summed E-state index contributed by atoms with van der Waals surface area (Å²) in [5.74, 6) is 0.385. The molecule has 1 rings (SSSR count). The Kier molecular flexibility index (Phi) is 4.30. The fourth-order valence-electron chi connectivity index (χ4n) is 1.11. The number of hydrogen-bond donors (Lipinski definition) is 0. The van der Waals surface area contributed by atoms with Crippen molar-refractivity contribution in [2.45, 2.75) is 18.8 Å². The van der Waals surface area contributed by atoms with Gasteiger partial charge in [-0.2, -0.15) is 0 Å². The number of pyridine rings is 1. The molecule has 1 unspecified atom stereocenters. The summed E-state index contributed by atoms with van der Waals surface area (Å²) in [5, 5.41) is 1.05. The molecular formula is C10H13BrN. The first-order valence-corrected chi connectivity index (χ1v) is 5.25. The Labute approximate surface area is 82.3 Å². The van der Waals surface area contributed by atoms with Gasteiger partial charge in [-0.05, 0) is 37.3 Å².